The van der Waals surface area contributed by atoms with Crippen molar-refractivity contribution in [3.8, 4) is 0 Å². The van der Waals surface area contributed by atoms with Crippen LogP contribution in [0.15, 0.2) is 48.7 Å². The molecule has 0 unspecified atom stereocenters. The summed E-state index contributed by atoms with van der Waals surface area (Å²) in [5.74, 6) is 0.0925. The van der Waals surface area contributed by atoms with Crippen LogP contribution in [0.3, 0.4) is 0 Å². The zero-order valence-corrected chi connectivity index (χ0v) is 18.2. The quantitative estimate of drug-likeness (QED) is 0.485. The Kier molecular flexibility index (Phi) is 5.18. The van der Waals surface area contributed by atoms with E-state index in [1.165, 1.54) is 16.9 Å². The van der Waals surface area contributed by atoms with Crippen LogP contribution in [-0.2, 0) is 6.42 Å². The normalized spacial score (nSPS) is 14.4. The lowest BCUT2D eigenvalue weighted by atomic mass is 10.2. The third-order valence-electron chi connectivity index (χ3n) is 5.23. The number of amides is 1. The number of fused-ring (bicyclic) bond motifs is 1. The average Bonchev–Trinajstić information content (AvgIpc) is 3.37. The van der Waals surface area contributed by atoms with Crippen molar-refractivity contribution >= 4 is 44.1 Å². The molecule has 1 aromatic carbocycles. The molecule has 5 rings (SSSR count). The molecule has 0 atom stereocenters. The van der Waals surface area contributed by atoms with Crippen LogP contribution in [0.25, 0.3) is 10.3 Å². The second-order valence-electron chi connectivity index (χ2n) is 7.29. The van der Waals surface area contributed by atoms with E-state index in [0.29, 0.717) is 13.1 Å². The van der Waals surface area contributed by atoms with Crippen LogP contribution in [0.1, 0.15) is 25.9 Å². The molecule has 1 fully saturated rings. The summed E-state index contributed by atoms with van der Waals surface area (Å²) in [5, 5.41) is 1.97. The summed E-state index contributed by atoms with van der Waals surface area (Å²) >= 11 is 3.13. The topological polar surface area (TPSA) is 62.2 Å². The Morgan fingerprint density at radius 2 is 1.80 bits per heavy atom. The fraction of sp³-hybridized carbons (Fsp3) is 0.273. The molecule has 0 aliphatic carbocycles. The van der Waals surface area contributed by atoms with Gasteiger partial charge in [-0.25, -0.2) is 15.0 Å². The van der Waals surface area contributed by atoms with Gasteiger partial charge in [0.2, 0.25) is 0 Å². The van der Waals surface area contributed by atoms with Crippen molar-refractivity contribution in [3.63, 3.8) is 0 Å². The lowest BCUT2D eigenvalue weighted by Gasteiger charge is -2.34. The molecule has 8 heteroatoms. The predicted octanol–water partition coefficient (Wildman–Crippen LogP) is 4.01. The monoisotopic (exact) mass is 435 g/mol. The van der Waals surface area contributed by atoms with E-state index in [0.717, 1.165) is 50.6 Å². The summed E-state index contributed by atoms with van der Waals surface area (Å²) in [5.41, 5.74) is 2.97. The first kappa shape index (κ1) is 19.1. The van der Waals surface area contributed by atoms with Crippen LogP contribution in [0.4, 0.5) is 5.13 Å². The Morgan fingerprint density at radius 3 is 2.57 bits per heavy atom. The number of pyridine rings is 1. The van der Waals surface area contributed by atoms with Gasteiger partial charge in [0.05, 0.1) is 10.7 Å². The van der Waals surface area contributed by atoms with Crippen LogP contribution in [-0.4, -0.2) is 51.9 Å². The summed E-state index contributed by atoms with van der Waals surface area (Å²) in [4.78, 5) is 32.8. The van der Waals surface area contributed by atoms with Gasteiger partial charge in [-0.1, -0.05) is 41.7 Å². The number of anilines is 1. The minimum atomic E-state index is 0.0925. The summed E-state index contributed by atoms with van der Waals surface area (Å²) in [6.45, 7) is 4.87. The number of thiazole rings is 2. The third-order valence-corrected chi connectivity index (χ3v) is 7.41. The molecule has 4 aromatic rings. The van der Waals surface area contributed by atoms with Crippen LogP contribution in [0.5, 0.6) is 0 Å². The van der Waals surface area contributed by atoms with Crippen molar-refractivity contribution < 1.29 is 4.79 Å². The molecule has 1 amide bonds. The molecular formula is C22H21N5OS2. The minimum Gasteiger partial charge on any atom is -0.344 e. The number of aryl methyl sites for hydroxylation is 1. The smallest absolute Gasteiger partial charge is 0.265 e. The number of piperazine rings is 1. The number of hydrogen-bond acceptors (Lipinski definition) is 7. The highest BCUT2D eigenvalue weighted by molar-refractivity contribution is 7.21. The Morgan fingerprint density at radius 1 is 1.00 bits per heavy atom. The van der Waals surface area contributed by atoms with E-state index in [4.69, 9.17) is 4.98 Å². The fourth-order valence-corrected chi connectivity index (χ4v) is 5.66. The van der Waals surface area contributed by atoms with E-state index in [-0.39, 0.29) is 5.91 Å². The van der Waals surface area contributed by atoms with Gasteiger partial charge in [-0.05, 0) is 24.6 Å². The van der Waals surface area contributed by atoms with Crippen molar-refractivity contribution in [2.45, 2.75) is 13.3 Å². The predicted molar refractivity (Wildman–Crippen MR) is 122 cm³/mol. The van der Waals surface area contributed by atoms with Crippen molar-refractivity contribution in [2.75, 3.05) is 31.1 Å². The molecule has 0 spiro atoms. The lowest BCUT2D eigenvalue weighted by molar-refractivity contribution is 0.0750. The highest BCUT2D eigenvalue weighted by Crippen LogP contribution is 2.28. The van der Waals surface area contributed by atoms with Crippen LogP contribution in [0.2, 0.25) is 0 Å². The van der Waals surface area contributed by atoms with Gasteiger partial charge in [0.1, 0.15) is 15.2 Å². The van der Waals surface area contributed by atoms with Crippen LogP contribution >= 0.6 is 22.7 Å². The van der Waals surface area contributed by atoms with Crippen LogP contribution < -0.4 is 4.90 Å². The van der Waals surface area contributed by atoms with E-state index >= 15 is 0 Å². The summed E-state index contributed by atoms with van der Waals surface area (Å²) in [6, 6.07) is 14.2. The molecule has 3 aromatic heterocycles. The fourth-order valence-electron chi connectivity index (χ4n) is 3.63. The SMILES string of the molecule is Cc1nc(Cc2ccccc2)sc1C(=O)N1CCN(c2nc3cccnc3s2)CC1. The Bertz CT molecular complexity index is 1150. The first-order valence-corrected chi connectivity index (χ1v) is 11.6. The van der Waals surface area contributed by atoms with Gasteiger partial charge in [-0.15, -0.1) is 11.3 Å². The van der Waals surface area contributed by atoms with Gasteiger partial charge in [0, 0.05) is 38.8 Å². The molecule has 0 saturated carbocycles. The number of aromatic nitrogens is 3. The van der Waals surface area contributed by atoms with E-state index in [9.17, 15) is 4.79 Å². The van der Waals surface area contributed by atoms with E-state index in [1.54, 1.807) is 17.5 Å². The van der Waals surface area contributed by atoms with Crippen LogP contribution in [0, 0.1) is 6.92 Å². The van der Waals surface area contributed by atoms with E-state index < -0.39 is 0 Å². The van der Waals surface area contributed by atoms with Gasteiger partial charge >= 0.3 is 0 Å². The van der Waals surface area contributed by atoms with E-state index in [2.05, 4.69) is 27.0 Å². The first-order chi connectivity index (χ1) is 14.7. The van der Waals surface area contributed by atoms with Gasteiger partial charge in [0.25, 0.3) is 5.91 Å². The molecule has 0 radical (unpaired) electrons. The van der Waals surface area contributed by atoms with Gasteiger partial charge in [-0.2, -0.15) is 0 Å². The molecule has 0 bridgehead atoms. The van der Waals surface area contributed by atoms with Crippen molar-refractivity contribution in [1.82, 2.24) is 19.9 Å². The maximum atomic E-state index is 13.1. The Labute approximate surface area is 182 Å². The second-order valence-corrected chi connectivity index (χ2v) is 9.33. The standard InChI is InChI=1S/C22H21N5OS2/c1-15-19(29-18(24-15)14-16-6-3-2-4-7-16)21(28)26-10-12-27(13-11-26)22-25-17-8-5-9-23-20(17)30-22/h2-9H,10-14H2,1H3. The molecule has 6 nitrogen and oxygen atoms in total. The number of hydrogen-bond donors (Lipinski definition) is 0. The van der Waals surface area contributed by atoms with Gasteiger partial charge in [0.15, 0.2) is 5.13 Å². The summed E-state index contributed by atoms with van der Waals surface area (Å²) in [7, 11) is 0. The Hall–Kier alpha value is -2.84. The van der Waals surface area contributed by atoms with Crippen molar-refractivity contribution in [3.05, 3.63) is 69.8 Å². The summed E-state index contributed by atoms with van der Waals surface area (Å²) in [6.07, 6.45) is 2.56. The van der Waals surface area contributed by atoms with Gasteiger partial charge in [-0.3, -0.25) is 4.79 Å². The maximum absolute atomic E-state index is 13.1. The third kappa shape index (κ3) is 3.80. The molecule has 30 heavy (non-hydrogen) atoms. The number of nitrogens with zero attached hydrogens (tertiary/aromatic N) is 5. The molecular weight excluding hydrogens is 414 g/mol. The molecule has 4 heterocycles. The van der Waals surface area contributed by atoms with E-state index in [1.807, 2.05) is 42.2 Å². The zero-order valence-electron chi connectivity index (χ0n) is 16.6. The number of benzene rings is 1. The molecule has 0 N–H and O–H groups in total. The molecule has 1 aliphatic heterocycles. The van der Waals surface area contributed by atoms with Gasteiger partial charge < -0.3 is 9.80 Å². The number of rotatable bonds is 4. The zero-order chi connectivity index (χ0) is 20.5. The molecule has 1 saturated heterocycles. The lowest BCUT2D eigenvalue weighted by Crippen LogP contribution is -2.48. The first-order valence-electron chi connectivity index (χ1n) is 9.93. The second kappa shape index (κ2) is 8.12. The number of carbonyl (C=O) groups is 1. The maximum Gasteiger partial charge on any atom is 0.265 e. The average molecular weight is 436 g/mol. The largest absolute Gasteiger partial charge is 0.344 e. The number of carbonyl (C=O) groups excluding carboxylic acids is 1. The molecule has 1 aliphatic rings. The highest BCUT2D eigenvalue weighted by atomic mass is 32.1. The molecule has 152 valence electrons. The summed E-state index contributed by atoms with van der Waals surface area (Å²) < 4.78 is 0. The highest BCUT2D eigenvalue weighted by Gasteiger charge is 2.26. The minimum absolute atomic E-state index is 0.0925. The van der Waals surface area contributed by atoms with Crippen molar-refractivity contribution in [2.24, 2.45) is 0 Å². The van der Waals surface area contributed by atoms with Crippen molar-refractivity contribution in [1.29, 1.82) is 0 Å². The Balaban J connectivity index is 1.25.